The standard InChI is InChI=1S/C6H13NO/c1-5(3-7)6(2)4-8-6/h5H,3-4,7H2,1-2H3/t5?,6-/m1/s1. The van der Waals surface area contributed by atoms with E-state index in [0.29, 0.717) is 5.92 Å². The van der Waals surface area contributed by atoms with Crippen molar-refractivity contribution in [1.29, 1.82) is 0 Å². The van der Waals surface area contributed by atoms with Crippen LogP contribution in [0.25, 0.3) is 0 Å². The average molecular weight is 115 g/mol. The van der Waals surface area contributed by atoms with Crippen molar-refractivity contribution < 1.29 is 4.74 Å². The van der Waals surface area contributed by atoms with Gasteiger partial charge in [-0.25, -0.2) is 0 Å². The number of ether oxygens (including phenoxy) is 1. The van der Waals surface area contributed by atoms with Gasteiger partial charge in [-0.1, -0.05) is 6.92 Å². The number of hydrogen-bond donors (Lipinski definition) is 1. The van der Waals surface area contributed by atoms with E-state index in [1.165, 1.54) is 0 Å². The molecule has 1 aliphatic rings. The monoisotopic (exact) mass is 115 g/mol. The number of epoxide rings is 1. The Morgan fingerprint density at radius 3 is 2.50 bits per heavy atom. The first-order chi connectivity index (χ1) is 3.69. The molecule has 1 heterocycles. The molecule has 2 heteroatoms. The molecule has 0 amide bonds. The van der Waals surface area contributed by atoms with Crippen molar-refractivity contribution in [2.24, 2.45) is 11.7 Å². The SMILES string of the molecule is CC(CN)[C@@]1(C)CO1. The Bertz CT molecular complexity index is 88.5. The second kappa shape index (κ2) is 1.71. The van der Waals surface area contributed by atoms with E-state index in [2.05, 4.69) is 13.8 Å². The summed E-state index contributed by atoms with van der Waals surface area (Å²) in [5.74, 6) is 0.516. The third-order valence-electron chi connectivity index (χ3n) is 2.00. The van der Waals surface area contributed by atoms with Crippen LogP contribution >= 0.6 is 0 Å². The minimum absolute atomic E-state index is 0.134. The van der Waals surface area contributed by atoms with E-state index in [0.717, 1.165) is 13.2 Å². The van der Waals surface area contributed by atoms with Gasteiger partial charge in [0.15, 0.2) is 0 Å². The van der Waals surface area contributed by atoms with Crippen LogP contribution in [0.3, 0.4) is 0 Å². The van der Waals surface area contributed by atoms with Crippen molar-refractivity contribution in [3.05, 3.63) is 0 Å². The van der Waals surface area contributed by atoms with Crippen LogP contribution in [0.5, 0.6) is 0 Å². The summed E-state index contributed by atoms with van der Waals surface area (Å²) in [6.45, 7) is 5.85. The van der Waals surface area contributed by atoms with Gasteiger partial charge < -0.3 is 10.5 Å². The third-order valence-corrected chi connectivity index (χ3v) is 2.00. The van der Waals surface area contributed by atoms with Crippen molar-refractivity contribution in [3.8, 4) is 0 Å². The van der Waals surface area contributed by atoms with E-state index in [9.17, 15) is 0 Å². The maximum atomic E-state index is 5.42. The van der Waals surface area contributed by atoms with E-state index >= 15 is 0 Å². The van der Waals surface area contributed by atoms with Gasteiger partial charge in [-0.3, -0.25) is 0 Å². The van der Waals surface area contributed by atoms with Crippen molar-refractivity contribution in [1.82, 2.24) is 0 Å². The van der Waals surface area contributed by atoms with Gasteiger partial charge in [0, 0.05) is 0 Å². The summed E-state index contributed by atoms with van der Waals surface area (Å²) in [6, 6.07) is 0. The zero-order valence-electron chi connectivity index (χ0n) is 5.48. The largest absolute Gasteiger partial charge is 0.370 e. The zero-order valence-corrected chi connectivity index (χ0v) is 5.48. The summed E-state index contributed by atoms with van der Waals surface area (Å²) in [5.41, 5.74) is 5.55. The van der Waals surface area contributed by atoms with Crippen molar-refractivity contribution in [3.63, 3.8) is 0 Å². The normalized spacial score (nSPS) is 39.4. The highest BCUT2D eigenvalue weighted by atomic mass is 16.6. The second-order valence-corrected chi connectivity index (χ2v) is 2.74. The Kier molecular flexibility index (Phi) is 1.29. The molecule has 0 aliphatic carbocycles. The van der Waals surface area contributed by atoms with Gasteiger partial charge in [0.1, 0.15) is 0 Å². The highest BCUT2D eigenvalue weighted by molar-refractivity contribution is 4.91. The first kappa shape index (κ1) is 6.05. The molecule has 1 rings (SSSR count). The van der Waals surface area contributed by atoms with E-state index < -0.39 is 0 Å². The van der Waals surface area contributed by atoms with Gasteiger partial charge in [-0.15, -0.1) is 0 Å². The molecule has 48 valence electrons. The summed E-state index contributed by atoms with van der Waals surface area (Å²) >= 11 is 0. The van der Waals surface area contributed by atoms with E-state index in [1.54, 1.807) is 0 Å². The molecule has 0 spiro atoms. The molecule has 2 N–H and O–H groups in total. The topological polar surface area (TPSA) is 38.5 Å². The minimum atomic E-state index is 0.134. The lowest BCUT2D eigenvalue weighted by Gasteiger charge is -2.11. The Morgan fingerprint density at radius 1 is 1.88 bits per heavy atom. The van der Waals surface area contributed by atoms with E-state index in [4.69, 9.17) is 10.5 Å². The van der Waals surface area contributed by atoms with Crippen molar-refractivity contribution in [2.45, 2.75) is 19.4 Å². The molecule has 1 saturated heterocycles. The molecule has 0 saturated carbocycles. The molecular formula is C6H13NO. The lowest BCUT2D eigenvalue weighted by atomic mass is 9.97. The lowest BCUT2D eigenvalue weighted by molar-refractivity contribution is 0.252. The van der Waals surface area contributed by atoms with Crippen LogP contribution in [0.1, 0.15) is 13.8 Å². The summed E-state index contributed by atoms with van der Waals surface area (Å²) in [4.78, 5) is 0. The van der Waals surface area contributed by atoms with Gasteiger partial charge in [-0.2, -0.15) is 0 Å². The van der Waals surface area contributed by atoms with Crippen LogP contribution in [0, 0.1) is 5.92 Å². The molecule has 2 atom stereocenters. The minimum Gasteiger partial charge on any atom is -0.370 e. The van der Waals surface area contributed by atoms with Gasteiger partial charge >= 0.3 is 0 Å². The Balaban J connectivity index is 2.34. The predicted octanol–water partition coefficient (Wildman–Crippen LogP) is 0.370. The van der Waals surface area contributed by atoms with Crippen LogP contribution in [-0.4, -0.2) is 18.8 Å². The zero-order chi connectivity index (χ0) is 6.20. The highest BCUT2D eigenvalue weighted by Crippen LogP contribution is 2.33. The van der Waals surface area contributed by atoms with Gasteiger partial charge in [0.25, 0.3) is 0 Å². The van der Waals surface area contributed by atoms with Crippen LogP contribution in [0.15, 0.2) is 0 Å². The molecule has 1 aliphatic heterocycles. The summed E-state index contributed by atoms with van der Waals surface area (Å²) in [7, 11) is 0. The molecule has 0 aromatic carbocycles. The van der Waals surface area contributed by atoms with Crippen LogP contribution in [0.4, 0.5) is 0 Å². The lowest BCUT2D eigenvalue weighted by Crippen LogP contribution is -2.25. The number of nitrogens with two attached hydrogens (primary N) is 1. The Morgan fingerprint density at radius 2 is 2.38 bits per heavy atom. The average Bonchev–Trinajstić information content (AvgIpc) is 2.47. The number of hydrogen-bond acceptors (Lipinski definition) is 2. The van der Waals surface area contributed by atoms with Gasteiger partial charge in [0.05, 0.1) is 12.2 Å². The smallest absolute Gasteiger partial charge is 0.0925 e. The van der Waals surface area contributed by atoms with Crippen molar-refractivity contribution >= 4 is 0 Å². The Hall–Kier alpha value is -0.0800. The third kappa shape index (κ3) is 0.858. The fourth-order valence-electron chi connectivity index (χ4n) is 0.648. The van der Waals surface area contributed by atoms with Crippen LogP contribution in [-0.2, 0) is 4.74 Å². The predicted molar refractivity (Wildman–Crippen MR) is 32.6 cm³/mol. The second-order valence-electron chi connectivity index (χ2n) is 2.74. The quantitative estimate of drug-likeness (QED) is 0.528. The molecule has 0 radical (unpaired) electrons. The first-order valence-electron chi connectivity index (χ1n) is 3.03. The summed E-state index contributed by atoms with van der Waals surface area (Å²) < 4.78 is 5.17. The van der Waals surface area contributed by atoms with Gasteiger partial charge in [0.2, 0.25) is 0 Å². The molecule has 1 fully saturated rings. The van der Waals surface area contributed by atoms with Crippen LogP contribution in [0.2, 0.25) is 0 Å². The Labute approximate surface area is 50.0 Å². The molecule has 2 nitrogen and oxygen atoms in total. The molecule has 8 heavy (non-hydrogen) atoms. The molecule has 0 bridgehead atoms. The molecular weight excluding hydrogens is 102 g/mol. The summed E-state index contributed by atoms with van der Waals surface area (Å²) in [5, 5.41) is 0. The van der Waals surface area contributed by atoms with Gasteiger partial charge in [-0.05, 0) is 19.4 Å². The van der Waals surface area contributed by atoms with Crippen LogP contribution < -0.4 is 5.73 Å². The van der Waals surface area contributed by atoms with E-state index in [1.807, 2.05) is 0 Å². The van der Waals surface area contributed by atoms with E-state index in [-0.39, 0.29) is 5.60 Å². The maximum absolute atomic E-state index is 5.42. The van der Waals surface area contributed by atoms with Crippen molar-refractivity contribution in [2.75, 3.05) is 13.2 Å². The first-order valence-corrected chi connectivity index (χ1v) is 3.03. The number of rotatable bonds is 2. The summed E-state index contributed by atoms with van der Waals surface area (Å²) in [6.07, 6.45) is 0. The molecule has 1 unspecified atom stereocenters. The fourth-order valence-corrected chi connectivity index (χ4v) is 0.648. The molecule has 0 aromatic rings. The molecule has 0 aromatic heterocycles. The maximum Gasteiger partial charge on any atom is 0.0925 e. The highest BCUT2D eigenvalue weighted by Gasteiger charge is 2.43. The fraction of sp³-hybridized carbons (Fsp3) is 1.00.